The molecule has 1 aromatic heterocycles. The molecule has 11 heteroatoms. The van der Waals surface area contributed by atoms with Crippen molar-refractivity contribution in [3.8, 4) is 11.6 Å². The number of nitrogens with one attached hydrogen (secondary N) is 1. The first-order chi connectivity index (χ1) is 16.4. The van der Waals surface area contributed by atoms with Gasteiger partial charge in [-0.25, -0.2) is 14.6 Å². The van der Waals surface area contributed by atoms with E-state index in [1.165, 1.54) is 13.4 Å². The first-order valence-electron chi connectivity index (χ1n) is 10.9. The molecule has 2 atom stereocenters. The third-order valence-electron chi connectivity index (χ3n) is 5.66. The minimum Gasteiger partial charge on any atom is -0.489 e. The van der Waals surface area contributed by atoms with Gasteiger partial charge in [0.2, 0.25) is 5.75 Å². The fourth-order valence-corrected chi connectivity index (χ4v) is 4.38. The van der Waals surface area contributed by atoms with Crippen LogP contribution in [0.1, 0.15) is 13.8 Å². The van der Waals surface area contributed by atoms with E-state index in [1.54, 1.807) is 23.1 Å². The molecule has 2 unspecified atom stereocenters. The van der Waals surface area contributed by atoms with Gasteiger partial charge in [0.25, 0.3) is 5.88 Å². The number of aromatic nitrogens is 2. The molecule has 2 aromatic rings. The third-order valence-corrected chi connectivity index (χ3v) is 5.97. The number of carbonyl (C=O) groups excluding carboxylic acids is 1. The zero-order valence-corrected chi connectivity index (χ0v) is 19.9. The Bertz CT molecular complexity index is 1080. The number of carbonyl (C=O) groups is 1. The van der Waals surface area contributed by atoms with Crippen molar-refractivity contribution in [2.24, 2.45) is 11.8 Å². The van der Waals surface area contributed by atoms with E-state index in [1.807, 2.05) is 13.8 Å². The topological polar surface area (TPSA) is 99.4 Å². The summed E-state index contributed by atoms with van der Waals surface area (Å²) in [6.07, 6.45) is 0.663. The van der Waals surface area contributed by atoms with Gasteiger partial charge in [0, 0.05) is 24.9 Å². The van der Waals surface area contributed by atoms with E-state index in [-0.39, 0.29) is 36.0 Å². The Hall–Kier alpha value is -3.29. The van der Waals surface area contributed by atoms with Gasteiger partial charge in [0.05, 0.1) is 43.7 Å². The summed E-state index contributed by atoms with van der Waals surface area (Å²) >= 11 is 6.31. The largest absolute Gasteiger partial charge is 0.489 e. The number of methoxy groups -OCH3 is 1. The second kappa shape index (κ2) is 10.3. The Kier molecular flexibility index (Phi) is 7.24. The number of fused-ring (bicyclic) bond motifs is 2. The Morgan fingerprint density at radius 3 is 2.65 bits per heavy atom. The van der Waals surface area contributed by atoms with Crippen molar-refractivity contribution in [1.82, 2.24) is 14.9 Å². The van der Waals surface area contributed by atoms with Crippen LogP contribution >= 0.6 is 11.6 Å². The Balaban J connectivity index is 1.53. The van der Waals surface area contributed by atoms with Crippen LogP contribution in [0.2, 0.25) is 5.02 Å². The maximum absolute atomic E-state index is 12.4. The fraction of sp³-hybridized carbons (Fsp3) is 0.478. The molecular weight excluding hydrogens is 462 g/mol. The van der Waals surface area contributed by atoms with E-state index >= 15 is 0 Å². The van der Waals surface area contributed by atoms with Crippen LogP contribution in [0, 0.1) is 18.4 Å². The summed E-state index contributed by atoms with van der Waals surface area (Å²) in [6, 6.07) is 4.93. The van der Waals surface area contributed by atoms with E-state index in [2.05, 4.69) is 20.1 Å². The molecule has 2 saturated heterocycles. The number of hydrogen-bond donors (Lipinski definition) is 1. The summed E-state index contributed by atoms with van der Waals surface area (Å²) in [5.41, 5.74) is 1.01. The summed E-state index contributed by atoms with van der Waals surface area (Å²) in [6.45, 7) is 12.6. The van der Waals surface area contributed by atoms with E-state index in [0.29, 0.717) is 54.3 Å². The molecule has 10 nitrogen and oxygen atoms in total. The normalized spacial score (nSPS) is 21.5. The lowest BCUT2D eigenvalue weighted by atomic mass is 9.84. The predicted molar refractivity (Wildman–Crippen MR) is 125 cm³/mol. The van der Waals surface area contributed by atoms with Crippen LogP contribution in [-0.4, -0.2) is 66.6 Å². The minimum absolute atomic E-state index is 0.0427. The molecule has 1 amide bonds. The highest BCUT2D eigenvalue weighted by molar-refractivity contribution is 6.33. The average molecular weight is 488 g/mol. The summed E-state index contributed by atoms with van der Waals surface area (Å²) in [7, 11) is 1.51. The zero-order chi connectivity index (χ0) is 24.2. The second-order valence-electron chi connectivity index (χ2n) is 8.44. The first-order valence-corrected chi connectivity index (χ1v) is 11.3. The van der Waals surface area contributed by atoms with E-state index in [4.69, 9.17) is 37.1 Å². The molecule has 3 heterocycles. The molecule has 2 aliphatic heterocycles. The molecule has 2 bridgehead atoms. The van der Waals surface area contributed by atoms with Crippen LogP contribution in [-0.2, 0) is 9.47 Å². The van der Waals surface area contributed by atoms with Crippen molar-refractivity contribution in [2.75, 3.05) is 38.7 Å². The standard InChI is InChI=1S/C23H26ClN5O5/c1-13(2)33-23(30)29-8-14-10-32-11-15(9-29)19(14)34-22-20(31-4)21(26-12-27-22)28-18-6-5-16(25-3)7-17(18)24/h5-7,12-15,19H,8-11H2,1-2,4H3,(H,26,27,28). The molecule has 4 rings (SSSR count). The molecule has 0 saturated carbocycles. The molecule has 1 aromatic carbocycles. The van der Waals surface area contributed by atoms with Gasteiger partial charge in [-0.15, -0.1) is 0 Å². The van der Waals surface area contributed by atoms with E-state index in [9.17, 15) is 4.79 Å². The maximum Gasteiger partial charge on any atom is 0.410 e. The highest BCUT2D eigenvalue weighted by Crippen LogP contribution is 2.39. The molecule has 0 spiro atoms. The number of piperidine rings is 1. The Morgan fingerprint density at radius 1 is 1.29 bits per heavy atom. The first kappa shape index (κ1) is 23.9. The monoisotopic (exact) mass is 487 g/mol. The summed E-state index contributed by atoms with van der Waals surface area (Å²) < 4.78 is 23.0. The third kappa shape index (κ3) is 5.11. The van der Waals surface area contributed by atoms with Gasteiger partial charge >= 0.3 is 6.09 Å². The highest BCUT2D eigenvalue weighted by atomic mass is 35.5. The zero-order valence-electron chi connectivity index (χ0n) is 19.2. The van der Waals surface area contributed by atoms with Crippen LogP contribution in [0.5, 0.6) is 11.6 Å². The van der Waals surface area contributed by atoms with Gasteiger partial charge in [-0.05, 0) is 26.0 Å². The van der Waals surface area contributed by atoms with E-state index in [0.717, 1.165) is 0 Å². The van der Waals surface area contributed by atoms with Crippen LogP contribution < -0.4 is 14.8 Å². The van der Waals surface area contributed by atoms with Crippen molar-refractivity contribution in [2.45, 2.75) is 26.1 Å². The Morgan fingerprint density at radius 2 is 2.03 bits per heavy atom. The maximum atomic E-state index is 12.4. The fourth-order valence-electron chi connectivity index (χ4n) is 4.16. The molecule has 34 heavy (non-hydrogen) atoms. The molecule has 2 aliphatic rings. The van der Waals surface area contributed by atoms with Gasteiger partial charge in [0.15, 0.2) is 11.5 Å². The molecule has 180 valence electrons. The molecule has 1 N–H and O–H groups in total. The van der Waals surface area contributed by atoms with Crippen molar-refractivity contribution in [1.29, 1.82) is 0 Å². The van der Waals surface area contributed by atoms with Gasteiger partial charge in [0.1, 0.15) is 12.4 Å². The van der Waals surface area contributed by atoms with Gasteiger partial charge in [-0.2, -0.15) is 4.98 Å². The number of hydrogen-bond acceptors (Lipinski definition) is 8. The quantitative estimate of drug-likeness (QED) is 0.602. The lowest BCUT2D eigenvalue weighted by Gasteiger charge is -2.45. The van der Waals surface area contributed by atoms with Gasteiger partial charge < -0.3 is 29.2 Å². The number of amides is 1. The highest BCUT2D eigenvalue weighted by Gasteiger charge is 2.44. The van der Waals surface area contributed by atoms with Crippen LogP contribution in [0.4, 0.5) is 22.0 Å². The smallest absolute Gasteiger partial charge is 0.410 e. The number of likely N-dealkylation sites (tertiary alicyclic amines) is 1. The van der Waals surface area contributed by atoms with Gasteiger partial charge in [-0.1, -0.05) is 17.7 Å². The summed E-state index contributed by atoms with van der Waals surface area (Å²) in [4.78, 5) is 26.1. The van der Waals surface area contributed by atoms with Crippen molar-refractivity contribution < 1.29 is 23.7 Å². The van der Waals surface area contributed by atoms with Crippen molar-refractivity contribution in [3.63, 3.8) is 0 Å². The molecule has 0 aliphatic carbocycles. The average Bonchev–Trinajstić information content (AvgIpc) is 2.80. The minimum atomic E-state index is -0.322. The van der Waals surface area contributed by atoms with Crippen LogP contribution in [0.3, 0.4) is 0 Å². The van der Waals surface area contributed by atoms with E-state index < -0.39 is 0 Å². The predicted octanol–water partition coefficient (Wildman–Crippen LogP) is 4.30. The van der Waals surface area contributed by atoms with Crippen molar-refractivity contribution in [3.05, 3.63) is 41.0 Å². The van der Waals surface area contributed by atoms with Crippen LogP contribution in [0.15, 0.2) is 24.5 Å². The number of nitrogens with zero attached hydrogens (tertiary/aromatic N) is 4. The number of rotatable bonds is 6. The molecule has 0 radical (unpaired) electrons. The molecule has 2 fully saturated rings. The number of anilines is 2. The SMILES string of the molecule is [C-]#[N+]c1ccc(Nc2ncnc(OC3C4COCC3CN(C(=O)OC(C)C)C4)c2OC)c(Cl)c1. The summed E-state index contributed by atoms with van der Waals surface area (Å²) in [5.74, 6) is 0.907. The number of benzene rings is 1. The lowest BCUT2D eigenvalue weighted by molar-refractivity contribution is -0.111. The van der Waals surface area contributed by atoms with Gasteiger partial charge in [-0.3, -0.25) is 0 Å². The Labute approximate surface area is 202 Å². The second-order valence-corrected chi connectivity index (χ2v) is 8.85. The lowest BCUT2D eigenvalue weighted by Crippen LogP contribution is -2.58. The van der Waals surface area contributed by atoms with Crippen LogP contribution in [0.25, 0.3) is 4.85 Å². The van der Waals surface area contributed by atoms with Crippen molar-refractivity contribution >= 4 is 34.9 Å². The molecular formula is C23H26ClN5O5. The number of ether oxygens (including phenoxy) is 4. The number of halogens is 1. The summed E-state index contributed by atoms with van der Waals surface area (Å²) in [5, 5.41) is 3.50.